The van der Waals surface area contributed by atoms with Crippen LogP contribution in [-0.2, 0) is 17.5 Å². The molecule has 4 nitrogen and oxygen atoms in total. The van der Waals surface area contributed by atoms with Gasteiger partial charge in [-0.1, -0.05) is 0 Å². The number of amides is 1. The van der Waals surface area contributed by atoms with E-state index in [2.05, 4.69) is 10.6 Å². The molecule has 2 fully saturated rings. The number of piperidine rings is 1. The van der Waals surface area contributed by atoms with Crippen LogP contribution >= 0.6 is 0 Å². The number of anilines is 1. The molecule has 0 aliphatic carbocycles. The first kappa shape index (κ1) is 17.2. The molecule has 0 radical (unpaired) electrons. The van der Waals surface area contributed by atoms with Crippen molar-refractivity contribution in [1.29, 1.82) is 0 Å². The van der Waals surface area contributed by atoms with E-state index in [1.54, 1.807) is 0 Å². The summed E-state index contributed by atoms with van der Waals surface area (Å²) in [5, 5.41) is 6.12. The molecule has 0 aromatic heterocycles. The zero-order valence-corrected chi connectivity index (χ0v) is 13.3. The fraction of sp³-hybridized carbons (Fsp3) is 0.588. The fourth-order valence-corrected chi connectivity index (χ4v) is 3.86. The number of benzene rings is 1. The molecule has 132 valence electrons. The van der Waals surface area contributed by atoms with Crippen molar-refractivity contribution < 1.29 is 18.0 Å². The van der Waals surface area contributed by atoms with Crippen LogP contribution < -0.4 is 16.4 Å². The molecule has 2 saturated heterocycles. The van der Waals surface area contributed by atoms with Gasteiger partial charge in [-0.05, 0) is 55.4 Å². The van der Waals surface area contributed by atoms with Gasteiger partial charge < -0.3 is 16.4 Å². The van der Waals surface area contributed by atoms with Gasteiger partial charge in [0.05, 0.1) is 5.56 Å². The fourth-order valence-electron chi connectivity index (χ4n) is 3.86. The Labute approximate surface area is 139 Å². The molecular formula is C17H22F3N3O. The van der Waals surface area contributed by atoms with Crippen molar-refractivity contribution in [2.75, 3.05) is 5.32 Å². The summed E-state index contributed by atoms with van der Waals surface area (Å²) in [6.07, 6.45) is 0.107. The number of hydrogen-bond acceptors (Lipinski definition) is 3. The van der Waals surface area contributed by atoms with E-state index >= 15 is 0 Å². The highest BCUT2D eigenvalue weighted by atomic mass is 19.4. The minimum atomic E-state index is -4.46. The topological polar surface area (TPSA) is 67.1 Å². The summed E-state index contributed by atoms with van der Waals surface area (Å²) in [6, 6.07) is 4.45. The van der Waals surface area contributed by atoms with Crippen molar-refractivity contribution in [2.45, 2.75) is 56.9 Å². The van der Waals surface area contributed by atoms with Crippen LogP contribution in [0.25, 0.3) is 0 Å². The molecule has 1 amide bonds. The Morgan fingerprint density at radius 3 is 2.46 bits per heavy atom. The molecule has 24 heavy (non-hydrogen) atoms. The maximum absolute atomic E-state index is 12.9. The van der Waals surface area contributed by atoms with Crippen LogP contribution in [0, 0.1) is 5.92 Å². The van der Waals surface area contributed by atoms with Gasteiger partial charge in [-0.25, -0.2) is 0 Å². The molecule has 0 saturated carbocycles. The van der Waals surface area contributed by atoms with E-state index in [9.17, 15) is 18.0 Å². The summed E-state index contributed by atoms with van der Waals surface area (Å²) < 4.78 is 38.8. The number of alkyl halides is 3. The van der Waals surface area contributed by atoms with E-state index in [0.29, 0.717) is 30.0 Å². The molecule has 1 aromatic carbocycles. The monoisotopic (exact) mass is 341 g/mol. The molecular weight excluding hydrogens is 319 g/mol. The average Bonchev–Trinajstić information content (AvgIpc) is 2.84. The van der Waals surface area contributed by atoms with Gasteiger partial charge in [-0.3, -0.25) is 4.79 Å². The summed E-state index contributed by atoms with van der Waals surface area (Å²) in [5.74, 6) is 0.0622. The molecule has 0 spiro atoms. The first-order valence-corrected chi connectivity index (χ1v) is 8.30. The predicted molar refractivity (Wildman–Crippen MR) is 85.3 cm³/mol. The highest BCUT2D eigenvalue weighted by molar-refractivity contribution is 5.91. The van der Waals surface area contributed by atoms with Crippen LogP contribution in [-0.4, -0.2) is 18.0 Å². The minimum Gasteiger partial charge on any atom is -0.326 e. The third kappa shape index (κ3) is 4.08. The number of fused-ring (bicyclic) bond motifs is 2. The maximum atomic E-state index is 12.9. The summed E-state index contributed by atoms with van der Waals surface area (Å²) in [5.41, 5.74) is 5.18. The largest absolute Gasteiger partial charge is 0.416 e. The number of nitrogens with one attached hydrogen (secondary N) is 2. The van der Waals surface area contributed by atoms with Crippen LogP contribution in [0.2, 0.25) is 0 Å². The number of nitrogens with two attached hydrogens (primary N) is 1. The van der Waals surface area contributed by atoms with E-state index in [4.69, 9.17) is 5.73 Å². The standard InChI is InChI=1S/C17H22F3N3O/c18-17(19,20)12-3-11(9-21)6-15(8-12)23-16(24)7-10-4-13-1-2-14(5-10)22-13/h3,6,8,10,13-14,22H,1-2,4-5,7,9,21H2,(H,23,24). The molecule has 2 aliphatic heterocycles. The second-order valence-electron chi connectivity index (χ2n) is 6.85. The van der Waals surface area contributed by atoms with Gasteiger partial charge in [-0.2, -0.15) is 13.2 Å². The van der Waals surface area contributed by atoms with Crippen molar-refractivity contribution in [1.82, 2.24) is 5.32 Å². The third-order valence-electron chi connectivity index (χ3n) is 4.88. The van der Waals surface area contributed by atoms with Crippen LogP contribution in [0.4, 0.5) is 18.9 Å². The molecule has 2 atom stereocenters. The second kappa shape index (κ2) is 6.72. The predicted octanol–water partition coefficient (Wildman–Crippen LogP) is 3.02. The van der Waals surface area contributed by atoms with Gasteiger partial charge in [-0.15, -0.1) is 0 Å². The van der Waals surface area contributed by atoms with Crippen molar-refractivity contribution in [2.24, 2.45) is 11.7 Å². The molecule has 7 heteroatoms. The number of hydrogen-bond donors (Lipinski definition) is 3. The summed E-state index contributed by atoms with van der Waals surface area (Å²) in [6.45, 7) is -0.00948. The highest BCUT2D eigenvalue weighted by Crippen LogP contribution is 2.34. The summed E-state index contributed by atoms with van der Waals surface area (Å²) in [7, 11) is 0. The molecule has 1 aromatic rings. The van der Waals surface area contributed by atoms with E-state index in [1.807, 2.05) is 0 Å². The maximum Gasteiger partial charge on any atom is 0.416 e. The lowest BCUT2D eigenvalue weighted by molar-refractivity contribution is -0.137. The Bertz CT molecular complexity index is 606. The third-order valence-corrected chi connectivity index (χ3v) is 4.88. The molecule has 2 aliphatic rings. The smallest absolute Gasteiger partial charge is 0.326 e. The van der Waals surface area contributed by atoms with Crippen LogP contribution in [0.1, 0.15) is 43.2 Å². The lowest BCUT2D eigenvalue weighted by Crippen LogP contribution is -2.39. The van der Waals surface area contributed by atoms with E-state index in [1.165, 1.54) is 6.07 Å². The van der Waals surface area contributed by atoms with Gasteiger partial charge in [0.25, 0.3) is 0 Å². The number of rotatable bonds is 4. The second-order valence-corrected chi connectivity index (χ2v) is 6.85. The lowest BCUT2D eigenvalue weighted by atomic mass is 9.89. The normalized spacial score (nSPS) is 26.4. The molecule has 3 rings (SSSR count). The van der Waals surface area contributed by atoms with Gasteiger partial charge in [0, 0.05) is 30.7 Å². The number of halogens is 3. The van der Waals surface area contributed by atoms with Crippen LogP contribution in [0.3, 0.4) is 0 Å². The Kier molecular flexibility index (Phi) is 4.83. The minimum absolute atomic E-state index is 0.00948. The molecule has 4 N–H and O–H groups in total. The summed E-state index contributed by atoms with van der Waals surface area (Å²) in [4.78, 5) is 12.2. The number of carbonyl (C=O) groups excluding carboxylic acids is 1. The molecule has 2 unspecified atom stereocenters. The van der Waals surface area contributed by atoms with E-state index in [0.717, 1.165) is 37.8 Å². The molecule has 2 heterocycles. The van der Waals surface area contributed by atoms with E-state index in [-0.39, 0.29) is 18.1 Å². The Morgan fingerprint density at radius 2 is 1.88 bits per heavy atom. The van der Waals surface area contributed by atoms with Crippen molar-refractivity contribution in [3.05, 3.63) is 29.3 Å². The van der Waals surface area contributed by atoms with Gasteiger partial charge >= 0.3 is 6.18 Å². The zero-order valence-electron chi connectivity index (χ0n) is 13.3. The average molecular weight is 341 g/mol. The first-order chi connectivity index (χ1) is 11.3. The SMILES string of the molecule is NCc1cc(NC(=O)CC2CC3CCC(C2)N3)cc(C(F)(F)F)c1. The Balaban J connectivity index is 1.65. The summed E-state index contributed by atoms with van der Waals surface area (Å²) >= 11 is 0. The number of carbonyl (C=O) groups is 1. The van der Waals surface area contributed by atoms with Gasteiger partial charge in [0.15, 0.2) is 0 Å². The van der Waals surface area contributed by atoms with Crippen molar-refractivity contribution in [3.8, 4) is 0 Å². The lowest BCUT2D eigenvalue weighted by Gasteiger charge is -2.28. The van der Waals surface area contributed by atoms with Crippen molar-refractivity contribution >= 4 is 11.6 Å². The Morgan fingerprint density at radius 1 is 1.21 bits per heavy atom. The van der Waals surface area contributed by atoms with Gasteiger partial charge in [0.1, 0.15) is 0 Å². The zero-order chi connectivity index (χ0) is 17.3. The van der Waals surface area contributed by atoms with Crippen molar-refractivity contribution in [3.63, 3.8) is 0 Å². The van der Waals surface area contributed by atoms with E-state index < -0.39 is 11.7 Å². The van der Waals surface area contributed by atoms with Gasteiger partial charge in [0.2, 0.25) is 5.91 Å². The first-order valence-electron chi connectivity index (χ1n) is 8.30. The quantitative estimate of drug-likeness (QED) is 0.789. The molecule has 2 bridgehead atoms. The highest BCUT2D eigenvalue weighted by Gasteiger charge is 2.34. The van der Waals surface area contributed by atoms with Crippen LogP contribution in [0.15, 0.2) is 18.2 Å². The Hall–Kier alpha value is -1.60. The van der Waals surface area contributed by atoms with Crippen LogP contribution in [0.5, 0.6) is 0 Å².